The van der Waals surface area contributed by atoms with Crippen molar-refractivity contribution < 1.29 is 0 Å². The molecule has 0 aliphatic carbocycles. The summed E-state index contributed by atoms with van der Waals surface area (Å²) in [5.41, 5.74) is 0. The summed E-state index contributed by atoms with van der Waals surface area (Å²) in [7, 11) is -5.94. The van der Waals surface area contributed by atoms with Gasteiger partial charge in [0.25, 0.3) is 0 Å². The van der Waals surface area contributed by atoms with Crippen molar-refractivity contribution in [2.24, 2.45) is 0 Å². The number of fused-ring (bicyclic) bond motifs is 1. The van der Waals surface area contributed by atoms with Gasteiger partial charge in [0.15, 0.2) is 0 Å². The first-order valence-corrected chi connectivity index (χ1v) is 44.2. The Morgan fingerprint density at radius 1 is 0.273 bits per heavy atom. The van der Waals surface area contributed by atoms with Gasteiger partial charge in [0, 0.05) is 57.4 Å². The summed E-state index contributed by atoms with van der Waals surface area (Å²) in [6, 6.07) is 0. The van der Waals surface area contributed by atoms with Crippen LogP contribution in [0.2, 0.25) is 66.5 Å². The van der Waals surface area contributed by atoms with Gasteiger partial charge in [-0.1, -0.05) is 192 Å². The van der Waals surface area contributed by atoms with Crippen molar-refractivity contribution in [3.8, 4) is 0 Å². The van der Waals surface area contributed by atoms with Crippen LogP contribution in [0.3, 0.4) is 0 Å². The first-order valence-electron chi connectivity index (χ1n) is 18.2. The van der Waals surface area contributed by atoms with E-state index in [0.29, 0.717) is 40.3 Å². The zero-order chi connectivity index (χ0) is 36.2. The van der Waals surface area contributed by atoms with Crippen LogP contribution >= 0.6 is 0 Å². The predicted molar refractivity (Wildman–Crippen MR) is 227 cm³/mol. The average molecular weight is 742 g/mol. The molecule has 0 saturated carbocycles. The molecule has 0 nitrogen and oxygen atoms in total. The van der Waals surface area contributed by atoms with Gasteiger partial charge in [0.2, 0.25) is 0 Å². The van der Waals surface area contributed by atoms with E-state index in [9.17, 15) is 0 Å². The molecule has 2 rings (SSSR count). The molecule has 2 saturated heterocycles. The molecule has 8 heteroatoms. The van der Waals surface area contributed by atoms with E-state index in [1.807, 2.05) is 0 Å². The minimum absolute atomic E-state index is 0.427. The summed E-state index contributed by atoms with van der Waals surface area (Å²) in [6.45, 7) is 79.8. The summed E-state index contributed by atoms with van der Waals surface area (Å²) >= 11 is 0. The highest BCUT2D eigenvalue weighted by atomic mass is 31.0. The van der Waals surface area contributed by atoms with E-state index >= 15 is 0 Å². The Labute approximate surface area is 288 Å². The lowest BCUT2D eigenvalue weighted by molar-refractivity contribution is 0.624. The third-order valence-electron chi connectivity index (χ3n) is 16.9. The van der Waals surface area contributed by atoms with Crippen molar-refractivity contribution in [2.75, 3.05) is 0 Å². The van der Waals surface area contributed by atoms with Crippen LogP contribution in [-0.4, -0.2) is 57.4 Å². The van der Waals surface area contributed by atoms with Gasteiger partial charge in [0.1, 0.15) is 0 Å². The van der Waals surface area contributed by atoms with Crippen LogP contribution < -0.4 is 0 Å². The Morgan fingerprint density at radius 2 is 0.409 bits per heavy atom. The number of hydrogen-bond acceptors (Lipinski definition) is 0. The quantitative estimate of drug-likeness (QED) is 0.252. The third kappa shape index (κ3) is 4.15. The zero-order valence-corrected chi connectivity index (χ0v) is 44.0. The normalized spacial score (nSPS) is 26.5. The molecule has 2 atom stereocenters. The largest absolute Gasteiger partial charge is 0.0710 e. The molecule has 2 aliphatic rings. The fraction of sp³-hybridized carbons (Fsp3) is 1.00. The molecule has 0 aromatic heterocycles. The Hall–Kier alpha value is 1.74. The highest BCUT2D eigenvalue weighted by Crippen LogP contribution is 2.89. The molecule has 0 spiro atoms. The molecule has 0 aromatic rings. The monoisotopic (exact) mass is 740 g/mol. The molecule has 0 bridgehead atoms. The van der Waals surface area contributed by atoms with Gasteiger partial charge in [-0.2, -0.15) is 0 Å². The molecule has 2 fully saturated rings. The molecule has 2 heterocycles. The van der Waals surface area contributed by atoms with Gasteiger partial charge in [0.05, 0.1) is 0 Å². The lowest BCUT2D eigenvalue weighted by Crippen LogP contribution is -2.92. The summed E-state index contributed by atoms with van der Waals surface area (Å²) < 4.78 is 0. The van der Waals surface area contributed by atoms with E-state index in [4.69, 9.17) is 0 Å². The van der Waals surface area contributed by atoms with Crippen LogP contribution in [0.5, 0.6) is 0 Å². The van der Waals surface area contributed by atoms with Crippen molar-refractivity contribution in [3.05, 3.63) is 0 Å². The smallest absolute Gasteiger partial charge is 0.0465 e. The topological polar surface area (TPSA) is 0 Å². The minimum Gasteiger partial charge on any atom is -0.0710 e. The van der Waals surface area contributed by atoms with Gasteiger partial charge in [-0.25, -0.2) is 0 Å². The van der Waals surface area contributed by atoms with Gasteiger partial charge >= 0.3 is 0 Å². The van der Waals surface area contributed by atoms with E-state index in [1.165, 1.54) is 8.55 Å². The molecule has 260 valence electrons. The SMILES string of the molecule is CC(C)(C)[Si](C)(C(C)(C)C)[Si]12[Si][Si]1([Si](C)(C(C)(C)C)C(C)(C)C)[Si]2([Si](C)(C(C)(C)C)C(C)(C)C)[Si](C)(C(C)(C)C)C(C)(C)C. The first kappa shape index (κ1) is 41.9. The van der Waals surface area contributed by atoms with E-state index in [2.05, 4.69) is 192 Å². The molecule has 2 unspecified atom stereocenters. The summed E-state index contributed by atoms with van der Waals surface area (Å²) in [5, 5.41) is 3.52. The van der Waals surface area contributed by atoms with E-state index in [0.717, 1.165) is 0 Å². The summed E-state index contributed by atoms with van der Waals surface area (Å²) in [6.07, 6.45) is -5.09. The van der Waals surface area contributed by atoms with Crippen LogP contribution in [0.1, 0.15) is 166 Å². The third-order valence-corrected chi connectivity index (χ3v) is 278. The Morgan fingerprint density at radius 3 is 0.523 bits per heavy atom. The maximum absolute atomic E-state index is 3.16. The van der Waals surface area contributed by atoms with Gasteiger partial charge in [-0.05, 0) is 40.3 Å². The molecule has 2 aliphatic heterocycles. The molecule has 2 radical (unpaired) electrons. The van der Waals surface area contributed by atoms with Crippen molar-refractivity contribution in [2.45, 2.75) is 233 Å². The van der Waals surface area contributed by atoms with E-state index in [1.54, 1.807) is 0 Å². The van der Waals surface area contributed by atoms with Gasteiger partial charge in [-0.15, -0.1) is 0 Å². The second kappa shape index (κ2) is 9.95. The van der Waals surface area contributed by atoms with Gasteiger partial charge < -0.3 is 0 Å². The van der Waals surface area contributed by atoms with E-state index < -0.39 is 48.8 Å². The molecule has 0 amide bonds. The lowest BCUT2D eigenvalue weighted by Gasteiger charge is -2.73. The maximum Gasteiger partial charge on any atom is 0.0465 e. The highest BCUT2D eigenvalue weighted by Gasteiger charge is 3.16. The van der Waals surface area contributed by atoms with E-state index in [-0.39, 0.29) is 0 Å². The molecular weight excluding hydrogens is 657 g/mol. The molecule has 44 heavy (non-hydrogen) atoms. The maximum atomic E-state index is 3.16. The Bertz CT molecular complexity index is 982. The second-order valence-electron chi connectivity index (χ2n) is 24.9. The van der Waals surface area contributed by atoms with Gasteiger partial charge in [-0.3, -0.25) is 0 Å². The highest BCUT2D eigenvalue weighted by molar-refractivity contribution is 8.75. The lowest BCUT2D eigenvalue weighted by atomic mass is 10.2. The van der Waals surface area contributed by atoms with Crippen molar-refractivity contribution >= 4 is 57.4 Å². The average Bonchev–Trinajstić information content (AvgIpc) is 3.52. The minimum atomic E-state index is -1.92. The molecule has 0 aromatic carbocycles. The summed E-state index contributed by atoms with van der Waals surface area (Å²) in [4.78, 5) is 0. The Balaban J connectivity index is 3.76. The summed E-state index contributed by atoms with van der Waals surface area (Å²) in [5.74, 6) is 0. The standard InChI is InChI=1S/C36H84Si8/c1-29(2,3)38(25,30(4,5)6)42-37-43(42,39(26,31(7,8)9)32(10,11)12)44(42,40(27,33(13,14)15)34(16,17)18)41(28,35(19,20)21)36(22,23)24/h1-28H3. The van der Waals surface area contributed by atoms with Crippen LogP contribution in [0.15, 0.2) is 0 Å². The van der Waals surface area contributed by atoms with Crippen molar-refractivity contribution in [1.29, 1.82) is 0 Å². The zero-order valence-electron chi connectivity index (χ0n) is 36.0. The Kier molecular flexibility index (Phi) is 9.48. The van der Waals surface area contributed by atoms with Crippen LogP contribution in [0.4, 0.5) is 0 Å². The predicted octanol–water partition coefficient (Wildman–Crippen LogP) is 13.3. The molecular formula is C36H84Si8. The number of rotatable bonds is 4. The van der Waals surface area contributed by atoms with Crippen LogP contribution in [0.25, 0.3) is 0 Å². The molecule has 0 N–H and O–H groups in total. The fourth-order valence-corrected chi connectivity index (χ4v) is 629. The van der Waals surface area contributed by atoms with Crippen LogP contribution in [0, 0.1) is 0 Å². The number of hydrogen-bond donors (Lipinski definition) is 0. The first-order chi connectivity index (χ1) is 18.5. The van der Waals surface area contributed by atoms with Crippen molar-refractivity contribution in [1.82, 2.24) is 0 Å². The van der Waals surface area contributed by atoms with Crippen molar-refractivity contribution in [3.63, 3.8) is 0 Å². The second-order valence-corrected chi connectivity index (χ2v) is 120. The fourth-order valence-electron chi connectivity index (χ4n) is 13.7. The van der Waals surface area contributed by atoms with Crippen LogP contribution in [-0.2, 0) is 0 Å².